The summed E-state index contributed by atoms with van der Waals surface area (Å²) in [6.07, 6.45) is 0. The topological polar surface area (TPSA) is 45.1 Å². The Kier molecular flexibility index (Phi) is 3.44. The van der Waals surface area contributed by atoms with Crippen molar-refractivity contribution in [1.82, 2.24) is 4.98 Å². The van der Waals surface area contributed by atoms with E-state index < -0.39 is 0 Å². The van der Waals surface area contributed by atoms with Gasteiger partial charge in [-0.1, -0.05) is 54.1 Å². The number of fused-ring (bicyclic) bond motifs is 1. The average Bonchev–Trinajstić information content (AvgIpc) is 2.47. The summed E-state index contributed by atoms with van der Waals surface area (Å²) in [6.45, 7) is 0.686. The van der Waals surface area contributed by atoms with Gasteiger partial charge in [-0.25, -0.2) is 4.98 Å². The van der Waals surface area contributed by atoms with Crippen molar-refractivity contribution in [2.24, 2.45) is 0 Å². The molecule has 3 rings (SSSR count). The van der Waals surface area contributed by atoms with Crippen LogP contribution < -0.4 is 5.32 Å². The fourth-order valence-corrected chi connectivity index (χ4v) is 2.34. The summed E-state index contributed by atoms with van der Waals surface area (Å²) in [5, 5.41) is 14.4. The first-order valence-corrected chi connectivity index (χ1v) is 6.68. The Morgan fingerprint density at radius 1 is 1.05 bits per heavy atom. The predicted molar refractivity (Wildman–Crippen MR) is 82.2 cm³/mol. The Balaban J connectivity index is 1.97. The minimum atomic E-state index is 0.132. The van der Waals surface area contributed by atoms with Gasteiger partial charge in [0.05, 0.1) is 0 Å². The van der Waals surface area contributed by atoms with Gasteiger partial charge in [0.2, 0.25) is 0 Å². The Morgan fingerprint density at radius 2 is 1.85 bits per heavy atom. The maximum Gasteiger partial charge on any atom is 0.141 e. The molecular formula is C16H13ClN2O. The number of phenols is 1. The molecule has 0 aliphatic carbocycles. The molecule has 1 heterocycles. The molecule has 0 saturated heterocycles. The second-order valence-electron chi connectivity index (χ2n) is 4.50. The van der Waals surface area contributed by atoms with Crippen LogP contribution in [0.5, 0.6) is 5.75 Å². The van der Waals surface area contributed by atoms with E-state index >= 15 is 0 Å². The number of hydrogen-bond donors (Lipinski definition) is 2. The second-order valence-corrected chi connectivity index (χ2v) is 4.89. The molecule has 1 aromatic heterocycles. The van der Waals surface area contributed by atoms with E-state index in [4.69, 9.17) is 11.6 Å². The molecule has 3 aromatic rings. The van der Waals surface area contributed by atoms with Crippen molar-refractivity contribution in [2.75, 3.05) is 5.32 Å². The van der Waals surface area contributed by atoms with Crippen LogP contribution in [0.3, 0.4) is 0 Å². The molecule has 20 heavy (non-hydrogen) atoms. The third-order valence-corrected chi connectivity index (χ3v) is 3.31. The summed E-state index contributed by atoms with van der Waals surface area (Å²) >= 11 is 6.02. The van der Waals surface area contributed by atoms with Crippen LogP contribution >= 0.6 is 11.6 Å². The molecule has 2 N–H and O–H groups in total. The zero-order valence-corrected chi connectivity index (χ0v) is 11.4. The van der Waals surface area contributed by atoms with Gasteiger partial charge in [-0.15, -0.1) is 0 Å². The van der Waals surface area contributed by atoms with Gasteiger partial charge in [0, 0.05) is 17.6 Å². The molecule has 0 saturated carbocycles. The van der Waals surface area contributed by atoms with E-state index in [2.05, 4.69) is 22.4 Å². The number of nitrogens with one attached hydrogen (secondary N) is 1. The quantitative estimate of drug-likeness (QED) is 0.708. The number of anilines is 1. The lowest BCUT2D eigenvalue weighted by molar-refractivity contribution is 0.480. The number of pyridine rings is 1. The van der Waals surface area contributed by atoms with Crippen LogP contribution in [0.15, 0.2) is 54.6 Å². The molecular weight excluding hydrogens is 272 g/mol. The fourth-order valence-electron chi connectivity index (χ4n) is 2.14. The van der Waals surface area contributed by atoms with E-state index in [1.807, 2.05) is 24.3 Å². The van der Waals surface area contributed by atoms with Crippen LogP contribution in [0, 0.1) is 0 Å². The van der Waals surface area contributed by atoms with E-state index in [0.29, 0.717) is 17.2 Å². The van der Waals surface area contributed by atoms with Crippen molar-refractivity contribution >= 4 is 28.2 Å². The predicted octanol–water partition coefficient (Wildman–Crippen LogP) is 4.21. The van der Waals surface area contributed by atoms with Crippen LogP contribution in [-0.2, 0) is 6.54 Å². The van der Waals surface area contributed by atoms with Gasteiger partial charge in [0.25, 0.3) is 0 Å². The molecule has 0 aliphatic rings. The van der Waals surface area contributed by atoms with Gasteiger partial charge in [-0.2, -0.15) is 0 Å². The molecule has 0 spiro atoms. The molecule has 0 bridgehead atoms. The van der Waals surface area contributed by atoms with E-state index in [0.717, 1.165) is 11.1 Å². The normalized spacial score (nSPS) is 10.7. The third-order valence-electron chi connectivity index (χ3n) is 3.11. The number of aromatic nitrogens is 1. The number of rotatable bonds is 3. The number of nitrogens with zero attached hydrogens (tertiary/aromatic N) is 1. The molecule has 0 fully saturated rings. The van der Waals surface area contributed by atoms with E-state index in [1.54, 1.807) is 18.2 Å². The Hall–Kier alpha value is -2.26. The van der Waals surface area contributed by atoms with E-state index in [9.17, 15) is 5.11 Å². The standard InChI is InChI=1S/C16H13ClN2O/c17-15-9-13(18-10-11-5-2-1-3-6-11)12-7-4-8-14(20)16(12)19-15/h1-9,20H,10H2,(H,18,19). The molecule has 4 heteroatoms. The summed E-state index contributed by atoms with van der Waals surface area (Å²) < 4.78 is 0. The Bertz CT molecular complexity index is 744. The third kappa shape index (κ3) is 2.53. The van der Waals surface area contributed by atoms with Crippen molar-refractivity contribution in [3.05, 3.63) is 65.3 Å². The number of halogens is 1. The minimum absolute atomic E-state index is 0.132. The number of hydrogen-bond acceptors (Lipinski definition) is 3. The van der Waals surface area contributed by atoms with Crippen LogP contribution in [0.4, 0.5) is 5.69 Å². The number of benzene rings is 2. The zero-order valence-electron chi connectivity index (χ0n) is 10.7. The maximum atomic E-state index is 9.86. The van der Waals surface area contributed by atoms with Gasteiger partial charge < -0.3 is 10.4 Å². The molecule has 2 aromatic carbocycles. The van der Waals surface area contributed by atoms with Crippen LogP contribution in [0.25, 0.3) is 10.9 Å². The summed E-state index contributed by atoms with van der Waals surface area (Å²) in [4.78, 5) is 4.17. The van der Waals surface area contributed by atoms with Crippen molar-refractivity contribution < 1.29 is 5.11 Å². The molecule has 0 atom stereocenters. The van der Waals surface area contributed by atoms with Crippen molar-refractivity contribution in [3.63, 3.8) is 0 Å². The highest BCUT2D eigenvalue weighted by Gasteiger charge is 2.07. The largest absolute Gasteiger partial charge is 0.506 e. The molecule has 100 valence electrons. The molecule has 0 aliphatic heterocycles. The van der Waals surface area contributed by atoms with Gasteiger partial charge in [0.15, 0.2) is 0 Å². The average molecular weight is 285 g/mol. The van der Waals surface area contributed by atoms with Gasteiger partial charge >= 0.3 is 0 Å². The fraction of sp³-hybridized carbons (Fsp3) is 0.0625. The molecule has 0 amide bonds. The zero-order chi connectivity index (χ0) is 13.9. The highest BCUT2D eigenvalue weighted by atomic mass is 35.5. The summed E-state index contributed by atoms with van der Waals surface area (Å²) in [5.74, 6) is 0.132. The van der Waals surface area contributed by atoms with E-state index in [-0.39, 0.29) is 5.75 Å². The van der Waals surface area contributed by atoms with Gasteiger partial charge in [0.1, 0.15) is 16.4 Å². The van der Waals surface area contributed by atoms with Crippen LogP contribution in [0.1, 0.15) is 5.56 Å². The first-order valence-electron chi connectivity index (χ1n) is 6.30. The first-order chi connectivity index (χ1) is 9.74. The highest BCUT2D eigenvalue weighted by Crippen LogP contribution is 2.30. The van der Waals surface area contributed by atoms with Crippen LogP contribution in [0.2, 0.25) is 5.15 Å². The summed E-state index contributed by atoms with van der Waals surface area (Å²) in [5.41, 5.74) is 2.55. The smallest absolute Gasteiger partial charge is 0.141 e. The SMILES string of the molecule is Oc1cccc2c(NCc3ccccc3)cc(Cl)nc12. The number of phenolic OH excluding ortho intramolecular Hbond substituents is 1. The molecule has 0 radical (unpaired) electrons. The lowest BCUT2D eigenvalue weighted by Crippen LogP contribution is -2.00. The maximum absolute atomic E-state index is 9.86. The van der Waals surface area contributed by atoms with Gasteiger partial charge in [-0.3, -0.25) is 0 Å². The van der Waals surface area contributed by atoms with Crippen molar-refractivity contribution in [2.45, 2.75) is 6.54 Å². The van der Waals surface area contributed by atoms with Crippen molar-refractivity contribution in [3.8, 4) is 5.75 Å². The minimum Gasteiger partial charge on any atom is -0.506 e. The molecule has 0 unspecified atom stereocenters. The second kappa shape index (κ2) is 5.39. The lowest BCUT2D eigenvalue weighted by Gasteiger charge is -2.11. The summed E-state index contributed by atoms with van der Waals surface area (Å²) in [6, 6.07) is 17.2. The molecule has 3 nitrogen and oxygen atoms in total. The Labute approximate surface area is 121 Å². The summed E-state index contributed by atoms with van der Waals surface area (Å²) in [7, 11) is 0. The Morgan fingerprint density at radius 3 is 2.65 bits per heavy atom. The number of aromatic hydroxyl groups is 1. The van der Waals surface area contributed by atoms with Gasteiger partial charge in [-0.05, 0) is 17.7 Å². The highest BCUT2D eigenvalue weighted by molar-refractivity contribution is 6.30. The lowest BCUT2D eigenvalue weighted by atomic mass is 10.1. The monoisotopic (exact) mass is 284 g/mol. The first kappa shape index (κ1) is 12.8. The van der Waals surface area contributed by atoms with Crippen molar-refractivity contribution in [1.29, 1.82) is 0 Å². The van der Waals surface area contributed by atoms with Crippen LogP contribution in [-0.4, -0.2) is 10.1 Å². The number of para-hydroxylation sites is 1. The van der Waals surface area contributed by atoms with E-state index in [1.165, 1.54) is 5.56 Å².